The van der Waals surface area contributed by atoms with Crippen LogP contribution in [0.1, 0.15) is 48.5 Å². The zero-order valence-electron chi connectivity index (χ0n) is 17.0. The summed E-state index contributed by atoms with van der Waals surface area (Å²) in [6, 6.07) is 9.92. The van der Waals surface area contributed by atoms with Gasteiger partial charge >= 0.3 is 0 Å². The van der Waals surface area contributed by atoms with Crippen LogP contribution in [0.15, 0.2) is 35.3 Å². The summed E-state index contributed by atoms with van der Waals surface area (Å²) in [7, 11) is 1.90. The molecule has 150 valence electrons. The van der Waals surface area contributed by atoms with Gasteiger partial charge in [0.25, 0.3) is 0 Å². The summed E-state index contributed by atoms with van der Waals surface area (Å²) in [5.41, 5.74) is 2.91. The number of nitrogens with one attached hydrogen (secondary N) is 1. The van der Waals surface area contributed by atoms with E-state index in [1.165, 1.54) is 0 Å². The van der Waals surface area contributed by atoms with Crippen LogP contribution in [0.5, 0.6) is 0 Å². The van der Waals surface area contributed by atoms with Gasteiger partial charge in [0.2, 0.25) is 0 Å². The average Bonchev–Trinajstić information content (AvgIpc) is 3.38. The molecule has 3 aromatic rings. The number of aliphatic imine (C=N–C) groups is 1. The van der Waals surface area contributed by atoms with E-state index >= 15 is 0 Å². The van der Waals surface area contributed by atoms with Crippen molar-refractivity contribution in [1.29, 1.82) is 0 Å². The van der Waals surface area contributed by atoms with E-state index in [2.05, 4.69) is 30.4 Å². The Labute approximate surface area is 169 Å². The summed E-state index contributed by atoms with van der Waals surface area (Å²) in [6.45, 7) is 5.34. The molecular weight excluding hydrogens is 366 g/mol. The Hall–Kier alpha value is -3.13. The first-order valence-electron chi connectivity index (χ1n) is 9.75. The van der Waals surface area contributed by atoms with Gasteiger partial charge in [-0.15, -0.1) is 5.10 Å². The predicted octanol–water partition coefficient (Wildman–Crippen LogP) is 3.28. The van der Waals surface area contributed by atoms with E-state index in [1.807, 2.05) is 50.5 Å². The van der Waals surface area contributed by atoms with Crippen molar-refractivity contribution in [3.63, 3.8) is 0 Å². The molecule has 1 aliphatic carbocycles. The first-order chi connectivity index (χ1) is 14.0. The van der Waals surface area contributed by atoms with Crippen LogP contribution in [-0.2, 0) is 0 Å². The number of anilines is 1. The monoisotopic (exact) mass is 391 g/mol. The van der Waals surface area contributed by atoms with Gasteiger partial charge in [-0.25, -0.2) is 15.0 Å². The molecule has 4 rings (SSSR count). The molecule has 8 heteroatoms. The van der Waals surface area contributed by atoms with Crippen molar-refractivity contribution in [3.8, 4) is 5.82 Å². The summed E-state index contributed by atoms with van der Waals surface area (Å²) in [5, 5.41) is 17.6. The van der Waals surface area contributed by atoms with Crippen molar-refractivity contribution in [2.45, 2.75) is 39.2 Å². The van der Waals surface area contributed by atoms with Crippen molar-refractivity contribution in [1.82, 2.24) is 24.7 Å². The third-order valence-electron chi connectivity index (χ3n) is 4.97. The van der Waals surface area contributed by atoms with Crippen LogP contribution in [0, 0.1) is 19.8 Å². The molecular formula is C21H25N7O. The number of hydrogen-bond donors (Lipinski definition) is 2. The Morgan fingerprint density at radius 3 is 2.76 bits per heavy atom. The second-order valence-corrected chi connectivity index (χ2v) is 7.35. The molecule has 1 aromatic carbocycles. The van der Waals surface area contributed by atoms with Gasteiger partial charge < -0.3 is 10.4 Å². The number of aliphatic hydroxyl groups is 1. The van der Waals surface area contributed by atoms with Crippen LogP contribution in [0.4, 0.5) is 11.4 Å². The van der Waals surface area contributed by atoms with Gasteiger partial charge in [0.1, 0.15) is 17.8 Å². The van der Waals surface area contributed by atoms with Gasteiger partial charge in [-0.05, 0) is 39.3 Å². The second kappa shape index (κ2) is 7.71. The molecule has 0 saturated heterocycles. The minimum atomic E-state index is -0.733. The highest BCUT2D eigenvalue weighted by Gasteiger charge is 2.39. The predicted molar refractivity (Wildman–Crippen MR) is 112 cm³/mol. The third-order valence-corrected chi connectivity index (χ3v) is 4.97. The molecule has 8 nitrogen and oxygen atoms in total. The number of aryl methyl sites for hydroxylation is 2. The molecule has 1 aliphatic rings. The van der Waals surface area contributed by atoms with E-state index < -0.39 is 6.10 Å². The molecule has 3 unspecified atom stereocenters. The Kier molecular flexibility index (Phi) is 5.10. The number of benzene rings is 1. The van der Waals surface area contributed by atoms with Crippen LogP contribution in [0.25, 0.3) is 5.82 Å². The molecule has 0 spiro atoms. The number of aliphatic hydroxyl groups excluding tert-OH is 1. The molecule has 0 amide bonds. The zero-order valence-corrected chi connectivity index (χ0v) is 17.0. The fourth-order valence-corrected chi connectivity index (χ4v) is 3.44. The molecule has 0 aliphatic heterocycles. The highest BCUT2D eigenvalue weighted by Crippen LogP contribution is 2.46. The SMILES string of the molecule is CNc1ccccc1N=CC1CC1c1cc(-n2nc(C)nc2C(C)O)nc(C)n1. The minimum Gasteiger partial charge on any atom is -0.386 e. The topological polar surface area (TPSA) is 101 Å². The maximum atomic E-state index is 10.0. The lowest BCUT2D eigenvalue weighted by molar-refractivity contribution is 0.186. The molecule has 2 heterocycles. The van der Waals surface area contributed by atoms with Crippen LogP contribution in [0.3, 0.4) is 0 Å². The molecule has 1 saturated carbocycles. The van der Waals surface area contributed by atoms with Crippen molar-refractivity contribution < 1.29 is 5.11 Å². The number of aromatic nitrogens is 5. The van der Waals surface area contributed by atoms with Crippen LogP contribution in [0.2, 0.25) is 0 Å². The molecule has 2 N–H and O–H groups in total. The summed E-state index contributed by atoms with van der Waals surface area (Å²) in [5.74, 6) is 3.02. The maximum absolute atomic E-state index is 10.0. The van der Waals surface area contributed by atoms with E-state index in [-0.39, 0.29) is 0 Å². The maximum Gasteiger partial charge on any atom is 0.162 e. The highest BCUT2D eigenvalue weighted by molar-refractivity contribution is 5.75. The van der Waals surface area contributed by atoms with Crippen molar-refractivity contribution in [3.05, 3.63) is 53.5 Å². The Balaban J connectivity index is 1.58. The summed E-state index contributed by atoms with van der Waals surface area (Å²) >= 11 is 0. The van der Waals surface area contributed by atoms with Gasteiger partial charge in [-0.2, -0.15) is 4.68 Å². The van der Waals surface area contributed by atoms with E-state index in [0.29, 0.717) is 35.1 Å². The third kappa shape index (κ3) is 4.02. The zero-order chi connectivity index (χ0) is 20.5. The summed E-state index contributed by atoms with van der Waals surface area (Å²) in [6.07, 6.45) is 2.28. The molecule has 0 radical (unpaired) electrons. The smallest absolute Gasteiger partial charge is 0.162 e. The van der Waals surface area contributed by atoms with Gasteiger partial charge in [0.15, 0.2) is 11.6 Å². The first kappa shape index (κ1) is 19.2. The average molecular weight is 391 g/mol. The number of para-hydroxylation sites is 2. The van der Waals surface area contributed by atoms with Crippen molar-refractivity contribution in [2.75, 3.05) is 12.4 Å². The highest BCUT2D eigenvalue weighted by atomic mass is 16.3. The molecule has 3 atom stereocenters. The van der Waals surface area contributed by atoms with Crippen LogP contribution in [-0.4, -0.2) is 43.1 Å². The lowest BCUT2D eigenvalue weighted by atomic mass is 10.2. The lowest BCUT2D eigenvalue weighted by Crippen LogP contribution is -2.10. The van der Waals surface area contributed by atoms with Crippen molar-refractivity contribution in [2.24, 2.45) is 10.9 Å². The van der Waals surface area contributed by atoms with Gasteiger partial charge in [0.05, 0.1) is 17.1 Å². The number of nitrogens with zero attached hydrogens (tertiary/aromatic N) is 6. The van der Waals surface area contributed by atoms with E-state index in [4.69, 9.17) is 0 Å². The quantitative estimate of drug-likeness (QED) is 0.626. The first-order valence-corrected chi connectivity index (χ1v) is 9.75. The molecule has 29 heavy (non-hydrogen) atoms. The Morgan fingerprint density at radius 2 is 2.00 bits per heavy atom. The molecule has 1 fully saturated rings. The number of rotatable bonds is 6. The van der Waals surface area contributed by atoms with E-state index in [9.17, 15) is 5.11 Å². The van der Waals surface area contributed by atoms with Crippen LogP contribution < -0.4 is 5.32 Å². The van der Waals surface area contributed by atoms with E-state index in [0.717, 1.165) is 23.5 Å². The standard InChI is InChI=1S/C21H25N7O/c1-12(29)21-26-14(3)27-28(21)20-10-19(24-13(2)25-20)16-9-15(16)11-23-18-8-6-5-7-17(18)22-4/h5-8,10-12,15-16,22,29H,9H2,1-4H3. The minimum absolute atomic E-state index is 0.306. The molecule has 0 bridgehead atoms. The second-order valence-electron chi connectivity index (χ2n) is 7.35. The summed E-state index contributed by atoms with van der Waals surface area (Å²) < 4.78 is 1.60. The van der Waals surface area contributed by atoms with Crippen molar-refractivity contribution >= 4 is 17.6 Å². The van der Waals surface area contributed by atoms with Gasteiger partial charge in [0, 0.05) is 31.2 Å². The Morgan fingerprint density at radius 1 is 1.21 bits per heavy atom. The fourth-order valence-electron chi connectivity index (χ4n) is 3.44. The van der Waals surface area contributed by atoms with E-state index in [1.54, 1.807) is 18.5 Å². The molecule has 2 aromatic heterocycles. The number of hydrogen-bond acceptors (Lipinski definition) is 7. The fraction of sp³-hybridized carbons (Fsp3) is 0.381. The summed E-state index contributed by atoms with van der Waals surface area (Å²) in [4.78, 5) is 18.1. The van der Waals surface area contributed by atoms with Gasteiger partial charge in [-0.1, -0.05) is 12.1 Å². The normalized spacial score (nSPS) is 19.5. The Bertz CT molecular complexity index is 1060. The lowest BCUT2D eigenvalue weighted by Gasteiger charge is -2.09. The van der Waals surface area contributed by atoms with Crippen LogP contribution >= 0.6 is 0 Å². The largest absolute Gasteiger partial charge is 0.386 e. The van der Waals surface area contributed by atoms with Gasteiger partial charge in [-0.3, -0.25) is 4.99 Å².